The van der Waals surface area contributed by atoms with Crippen molar-refractivity contribution in [2.24, 2.45) is 0 Å². The highest BCUT2D eigenvalue weighted by atomic mass is 35.5. The number of halogens is 4. The van der Waals surface area contributed by atoms with Crippen molar-refractivity contribution in [1.29, 1.82) is 0 Å². The van der Waals surface area contributed by atoms with Crippen LogP contribution in [0.15, 0.2) is 12.1 Å². The Balaban J connectivity index is 3.11. The van der Waals surface area contributed by atoms with Crippen LogP contribution in [0.2, 0.25) is 5.02 Å². The number of alkyl halides is 3. The van der Waals surface area contributed by atoms with Crippen molar-refractivity contribution in [2.45, 2.75) is 6.18 Å². The van der Waals surface area contributed by atoms with Gasteiger partial charge < -0.3 is 15.5 Å². The van der Waals surface area contributed by atoms with E-state index in [1.807, 2.05) is 0 Å². The van der Waals surface area contributed by atoms with Gasteiger partial charge in [-0.05, 0) is 12.1 Å². The first-order chi connectivity index (χ1) is 8.14. The molecule has 5 nitrogen and oxygen atoms in total. The van der Waals surface area contributed by atoms with Gasteiger partial charge in [0.05, 0.1) is 5.69 Å². The zero-order valence-electron chi connectivity index (χ0n) is 8.38. The van der Waals surface area contributed by atoms with E-state index in [9.17, 15) is 27.9 Å². The lowest BCUT2D eigenvalue weighted by Crippen LogP contribution is -2.30. The molecule has 3 N–H and O–H groups in total. The lowest BCUT2D eigenvalue weighted by Gasteiger charge is -2.11. The molecule has 0 unspecified atom stereocenters. The van der Waals surface area contributed by atoms with Crippen LogP contribution < -0.4 is 5.32 Å². The minimum atomic E-state index is -5.12. The van der Waals surface area contributed by atoms with Gasteiger partial charge in [-0.3, -0.25) is 4.79 Å². The van der Waals surface area contributed by atoms with E-state index in [4.69, 9.17) is 16.7 Å². The molecule has 1 aromatic rings. The van der Waals surface area contributed by atoms with Crippen LogP contribution in [0.3, 0.4) is 0 Å². The van der Waals surface area contributed by atoms with Gasteiger partial charge in [-0.25, -0.2) is 4.79 Å². The summed E-state index contributed by atoms with van der Waals surface area (Å²) < 4.78 is 35.9. The summed E-state index contributed by atoms with van der Waals surface area (Å²) >= 11 is 5.44. The average Bonchev–Trinajstić information content (AvgIpc) is 2.22. The second-order valence-electron chi connectivity index (χ2n) is 3.08. The van der Waals surface area contributed by atoms with Crippen molar-refractivity contribution in [3.63, 3.8) is 0 Å². The Morgan fingerprint density at radius 1 is 1.28 bits per heavy atom. The monoisotopic (exact) mass is 283 g/mol. The Morgan fingerprint density at radius 3 is 2.28 bits per heavy atom. The topological polar surface area (TPSA) is 86.6 Å². The predicted molar refractivity (Wildman–Crippen MR) is 54.8 cm³/mol. The molecule has 0 spiro atoms. The standard InChI is InChI=1S/C9H5ClF3NO4/c10-5-4(14-8(18)9(11,12)13)2-1-3(6(5)15)7(16)17/h1-2,15H,(H,14,18)(H,16,17). The van der Waals surface area contributed by atoms with E-state index in [0.717, 1.165) is 12.1 Å². The fourth-order valence-electron chi connectivity index (χ4n) is 1.03. The van der Waals surface area contributed by atoms with Gasteiger partial charge in [0, 0.05) is 0 Å². The Bertz CT molecular complexity index is 515. The Hall–Kier alpha value is -1.96. The van der Waals surface area contributed by atoms with E-state index < -0.39 is 40.1 Å². The van der Waals surface area contributed by atoms with Crippen LogP contribution in [-0.4, -0.2) is 28.3 Å². The van der Waals surface area contributed by atoms with Gasteiger partial charge in [0.2, 0.25) is 0 Å². The fraction of sp³-hybridized carbons (Fsp3) is 0.111. The number of carboxylic acids is 1. The smallest absolute Gasteiger partial charge is 0.471 e. The molecular formula is C9H5ClF3NO4. The van der Waals surface area contributed by atoms with E-state index in [1.54, 1.807) is 0 Å². The summed E-state index contributed by atoms with van der Waals surface area (Å²) in [6.45, 7) is 0. The summed E-state index contributed by atoms with van der Waals surface area (Å²) in [5, 5.41) is 18.6. The molecule has 0 aliphatic carbocycles. The quantitative estimate of drug-likeness (QED) is 0.777. The maximum Gasteiger partial charge on any atom is 0.471 e. The van der Waals surface area contributed by atoms with Crippen molar-refractivity contribution in [3.8, 4) is 5.75 Å². The first-order valence-corrected chi connectivity index (χ1v) is 4.65. The van der Waals surface area contributed by atoms with E-state index in [-0.39, 0.29) is 0 Å². The van der Waals surface area contributed by atoms with Gasteiger partial charge in [0.15, 0.2) is 5.75 Å². The number of anilines is 1. The van der Waals surface area contributed by atoms with Crippen LogP contribution in [0, 0.1) is 0 Å². The van der Waals surface area contributed by atoms with Gasteiger partial charge in [-0.2, -0.15) is 13.2 Å². The van der Waals surface area contributed by atoms with Gasteiger partial charge in [-0.15, -0.1) is 0 Å². The maximum absolute atomic E-state index is 12.0. The van der Waals surface area contributed by atoms with Crippen LogP contribution in [0.1, 0.15) is 10.4 Å². The molecule has 0 saturated heterocycles. The number of rotatable bonds is 2. The number of hydrogen-bond donors (Lipinski definition) is 3. The lowest BCUT2D eigenvalue weighted by molar-refractivity contribution is -0.167. The first-order valence-electron chi connectivity index (χ1n) is 4.27. The number of phenols is 1. The van der Waals surface area contributed by atoms with E-state index in [1.165, 1.54) is 5.32 Å². The minimum Gasteiger partial charge on any atom is -0.505 e. The molecule has 0 aliphatic heterocycles. The largest absolute Gasteiger partial charge is 0.505 e. The molecule has 98 valence electrons. The Morgan fingerprint density at radius 2 is 1.83 bits per heavy atom. The molecule has 0 bridgehead atoms. The number of aromatic carboxylic acids is 1. The van der Waals surface area contributed by atoms with Gasteiger partial charge in [0.25, 0.3) is 0 Å². The summed E-state index contributed by atoms with van der Waals surface area (Å²) in [6, 6.07) is 1.66. The van der Waals surface area contributed by atoms with Crippen LogP contribution in [0.25, 0.3) is 0 Å². The lowest BCUT2D eigenvalue weighted by atomic mass is 10.2. The molecule has 1 aromatic carbocycles. The number of carbonyl (C=O) groups is 2. The van der Waals surface area contributed by atoms with Crippen LogP contribution in [0.4, 0.5) is 18.9 Å². The van der Waals surface area contributed by atoms with E-state index in [0.29, 0.717) is 0 Å². The zero-order valence-corrected chi connectivity index (χ0v) is 9.13. The number of aromatic hydroxyl groups is 1. The highest BCUT2D eigenvalue weighted by molar-refractivity contribution is 6.35. The second-order valence-corrected chi connectivity index (χ2v) is 3.46. The summed E-state index contributed by atoms with van der Waals surface area (Å²) in [5.74, 6) is -4.72. The molecule has 1 amide bonds. The number of carbonyl (C=O) groups excluding carboxylic acids is 1. The third-order valence-corrected chi connectivity index (χ3v) is 2.23. The van der Waals surface area contributed by atoms with Crippen LogP contribution in [-0.2, 0) is 4.79 Å². The van der Waals surface area contributed by atoms with Crippen molar-refractivity contribution >= 4 is 29.2 Å². The number of hydrogen-bond acceptors (Lipinski definition) is 3. The summed E-state index contributed by atoms with van der Waals surface area (Å²) in [4.78, 5) is 21.2. The highest BCUT2D eigenvalue weighted by Gasteiger charge is 2.39. The van der Waals surface area contributed by atoms with Gasteiger partial charge in [0.1, 0.15) is 10.6 Å². The van der Waals surface area contributed by atoms with Crippen molar-refractivity contribution < 1.29 is 33.0 Å². The van der Waals surface area contributed by atoms with Crippen molar-refractivity contribution in [1.82, 2.24) is 0 Å². The molecule has 0 aliphatic rings. The molecule has 0 saturated carbocycles. The normalized spacial score (nSPS) is 11.1. The molecule has 18 heavy (non-hydrogen) atoms. The molecular weight excluding hydrogens is 279 g/mol. The number of nitrogens with one attached hydrogen (secondary N) is 1. The Kier molecular flexibility index (Phi) is 3.70. The molecule has 1 rings (SSSR count). The predicted octanol–water partition coefficient (Wildman–Crippen LogP) is 2.24. The van der Waals surface area contributed by atoms with Crippen LogP contribution >= 0.6 is 11.6 Å². The third kappa shape index (κ3) is 2.83. The SMILES string of the molecule is O=C(O)c1ccc(NC(=O)C(F)(F)F)c(Cl)c1O. The second kappa shape index (κ2) is 4.73. The van der Waals surface area contributed by atoms with Crippen molar-refractivity contribution in [3.05, 3.63) is 22.7 Å². The fourth-order valence-corrected chi connectivity index (χ4v) is 1.24. The number of amides is 1. The average molecular weight is 284 g/mol. The van der Waals surface area contributed by atoms with E-state index >= 15 is 0 Å². The van der Waals surface area contributed by atoms with E-state index in [2.05, 4.69) is 0 Å². The van der Waals surface area contributed by atoms with Gasteiger partial charge in [-0.1, -0.05) is 11.6 Å². The molecule has 0 radical (unpaired) electrons. The Labute approximate surface area is 103 Å². The number of benzene rings is 1. The summed E-state index contributed by atoms with van der Waals surface area (Å²) in [7, 11) is 0. The van der Waals surface area contributed by atoms with Crippen LogP contribution in [0.5, 0.6) is 5.75 Å². The molecule has 0 atom stereocenters. The van der Waals surface area contributed by atoms with Crippen molar-refractivity contribution in [2.75, 3.05) is 5.32 Å². The molecule has 9 heteroatoms. The summed E-state index contributed by atoms with van der Waals surface area (Å²) in [6.07, 6.45) is -5.12. The number of carboxylic acid groups (broad SMARTS) is 1. The summed E-state index contributed by atoms with van der Waals surface area (Å²) in [5.41, 5.74) is -1.13. The zero-order chi connectivity index (χ0) is 14.1. The third-order valence-electron chi connectivity index (χ3n) is 1.85. The highest BCUT2D eigenvalue weighted by Crippen LogP contribution is 2.35. The molecule has 0 heterocycles. The minimum absolute atomic E-state index is 0.540. The molecule has 0 fully saturated rings. The van der Waals surface area contributed by atoms with Gasteiger partial charge >= 0.3 is 18.1 Å². The first kappa shape index (κ1) is 14.1. The molecule has 0 aromatic heterocycles. The maximum atomic E-state index is 12.0.